The molecule has 0 radical (unpaired) electrons. The summed E-state index contributed by atoms with van der Waals surface area (Å²) in [6.07, 6.45) is 0. The molecule has 0 bridgehead atoms. The van der Waals surface area contributed by atoms with Crippen LogP contribution in [0.3, 0.4) is 0 Å². The van der Waals surface area contributed by atoms with Crippen molar-refractivity contribution in [3.8, 4) is 40.1 Å². The molecule has 0 amide bonds. The Morgan fingerprint density at radius 1 is 1.00 bits per heavy atom. The van der Waals surface area contributed by atoms with E-state index in [1.54, 1.807) is 18.2 Å². The predicted molar refractivity (Wildman–Crippen MR) is 89.9 cm³/mol. The Kier molecular flexibility index (Phi) is 5.22. The van der Waals surface area contributed by atoms with Gasteiger partial charge in [-0.1, -0.05) is 16.8 Å². The fourth-order valence-electron chi connectivity index (χ4n) is 2.30. The van der Waals surface area contributed by atoms with E-state index in [1.807, 2.05) is 0 Å². The molecule has 0 fully saturated rings. The summed E-state index contributed by atoms with van der Waals surface area (Å²) in [5.74, 6) is 0.987. The smallest absolute Gasteiger partial charge is 0.387 e. The molecule has 0 aliphatic heterocycles. The summed E-state index contributed by atoms with van der Waals surface area (Å²) in [5.41, 5.74) is 1.03. The van der Waals surface area contributed by atoms with Crippen molar-refractivity contribution in [2.24, 2.45) is 0 Å². The quantitative estimate of drug-likeness (QED) is 0.617. The first kappa shape index (κ1) is 17.9. The van der Waals surface area contributed by atoms with E-state index in [1.165, 1.54) is 32.4 Å². The van der Waals surface area contributed by atoms with Crippen molar-refractivity contribution in [3.05, 3.63) is 41.4 Å². The topological polar surface area (TPSA) is 66.6 Å². The highest BCUT2D eigenvalue weighted by Crippen LogP contribution is 2.35. The van der Waals surface area contributed by atoms with Crippen LogP contribution in [0.5, 0.6) is 17.2 Å². The standard InChI is InChI=1S/C17H13ClF2N2O4/c1-23-12-6-4-10(18)8-11(12)15-21-16(26-22-15)9-3-5-13(25-17(19)20)14(7-9)24-2/h3-8,17H,1-2H3. The number of hydrogen-bond donors (Lipinski definition) is 0. The number of ether oxygens (including phenoxy) is 3. The van der Waals surface area contributed by atoms with Gasteiger partial charge in [-0.3, -0.25) is 0 Å². The van der Waals surface area contributed by atoms with Gasteiger partial charge in [0.05, 0.1) is 19.8 Å². The molecule has 9 heteroatoms. The number of alkyl halides is 2. The average Bonchev–Trinajstić information content (AvgIpc) is 3.11. The van der Waals surface area contributed by atoms with E-state index < -0.39 is 6.61 Å². The lowest BCUT2D eigenvalue weighted by Crippen LogP contribution is -2.03. The highest BCUT2D eigenvalue weighted by atomic mass is 35.5. The Balaban J connectivity index is 1.97. The zero-order valence-corrected chi connectivity index (χ0v) is 14.5. The summed E-state index contributed by atoms with van der Waals surface area (Å²) < 4.78 is 44.8. The number of rotatable bonds is 6. The minimum Gasteiger partial charge on any atom is -0.496 e. The Bertz CT molecular complexity index is 918. The summed E-state index contributed by atoms with van der Waals surface area (Å²) in [5, 5.41) is 4.41. The molecule has 0 saturated carbocycles. The second kappa shape index (κ2) is 7.57. The number of hydrogen-bond acceptors (Lipinski definition) is 6. The zero-order valence-electron chi connectivity index (χ0n) is 13.7. The summed E-state index contributed by atoms with van der Waals surface area (Å²) in [6, 6.07) is 9.32. The highest BCUT2D eigenvalue weighted by Gasteiger charge is 2.17. The van der Waals surface area contributed by atoms with Crippen LogP contribution in [0, 0.1) is 0 Å². The van der Waals surface area contributed by atoms with Gasteiger partial charge in [-0.05, 0) is 36.4 Å². The minimum absolute atomic E-state index is 0.0949. The summed E-state index contributed by atoms with van der Waals surface area (Å²) >= 11 is 6.01. The lowest BCUT2D eigenvalue weighted by molar-refractivity contribution is -0.0512. The maximum Gasteiger partial charge on any atom is 0.387 e. The van der Waals surface area contributed by atoms with Crippen LogP contribution in [0.15, 0.2) is 40.9 Å². The first-order chi connectivity index (χ1) is 12.5. The lowest BCUT2D eigenvalue weighted by Gasteiger charge is -2.10. The first-order valence-electron chi connectivity index (χ1n) is 7.32. The van der Waals surface area contributed by atoms with E-state index in [9.17, 15) is 8.78 Å². The van der Waals surface area contributed by atoms with E-state index >= 15 is 0 Å². The van der Waals surface area contributed by atoms with Crippen molar-refractivity contribution >= 4 is 11.6 Å². The normalized spacial score (nSPS) is 10.8. The van der Waals surface area contributed by atoms with Crippen LogP contribution in [-0.2, 0) is 0 Å². The molecule has 2 aromatic carbocycles. The van der Waals surface area contributed by atoms with Gasteiger partial charge in [0.25, 0.3) is 5.89 Å². The molecule has 0 unspecified atom stereocenters. The Labute approximate surface area is 152 Å². The van der Waals surface area contributed by atoms with Gasteiger partial charge in [0.2, 0.25) is 5.82 Å². The molecule has 0 saturated heterocycles. The van der Waals surface area contributed by atoms with Crippen LogP contribution in [0.4, 0.5) is 8.78 Å². The molecule has 1 heterocycles. The maximum atomic E-state index is 12.4. The van der Waals surface area contributed by atoms with Crippen LogP contribution < -0.4 is 14.2 Å². The van der Waals surface area contributed by atoms with Gasteiger partial charge in [-0.15, -0.1) is 0 Å². The maximum absolute atomic E-state index is 12.4. The second-order valence-corrected chi connectivity index (χ2v) is 5.45. The minimum atomic E-state index is -2.96. The molecular weight excluding hydrogens is 370 g/mol. The Morgan fingerprint density at radius 3 is 2.42 bits per heavy atom. The van der Waals surface area contributed by atoms with Crippen molar-refractivity contribution in [1.29, 1.82) is 0 Å². The molecule has 1 aromatic heterocycles. The van der Waals surface area contributed by atoms with Crippen molar-refractivity contribution < 1.29 is 27.5 Å². The molecule has 3 rings (SSSR count). The van der Waals surface area contributed by atoms with Crippen molar-refractivity contribution in [1.82, 2.24) is 10.1 Å². The van der Waals surface area contributed by atoms with Crippen LogP contribution in [0.2, 0.25) is 5.02 Å². The Morgan fingerprint density at radius 2 is 1.73 bits per heavy atom. The third-order valence-electron chi connectivity index (χ3n) is 3.46. The molecular formula is C17H13ClF2N2O4. The largest absolute Gasteiger partial charge is 0.496 e. The van der Waals surface area contributed by atoms with Crippen LogP contribution in [-0.4, -0.2) is 31.0 Å². The van der Waals surface area contributed by atoms with E-state index in [2.05, 4.69) is 14.9 Å². The molecule has 136 valence electrons. The van der Waals surface area contributed by atoms with Gasteiger partial charge in [0.15, 0.2) is 11.5 Å². The fourth-order valence-corrected chi connectivity index (χ4v) is 2.47. The van der Waals surface area contributed by atoms with Gasteiger partial charge < -0.3 is 18.7 Å². The van der Waals surface area contributed by atoms with Gasteiger partial charge in [-0.2, -0.15) is 13.8 Å². The molecule has 0 atom stereocenters. The molecule has 26 heavy (non-hydrogen) atoms. The monoisotopic (exact) mass is 382 g/mol. The van der Waals surface area contributed by atoms with E-state index in [-0.39, 0.29) is 23.2 Å². The average molecular weight is 383 g/mol. The molecule has 0 aliphatic rings. The van der Waals surface area contributed by atoms with Gasteiger partial charge in [0.1, 0.15) is 5.75 Å². The predicted octanol–water partition coefficient (Wildman–Crippen LogP) is 4.68. The molecule has 3 aromatic rings. The van der Waals surface area contributed by atoms with Crippen molar-refractivity contribution in [2.75, 3.05) is 14.2 Å². The first-order valence-corrected chi connectivity index (χ1v) is 7.70. The van der Waals surface area contributed by atoms with E-state index in [4.69, 9.17) is 25.6 Å². The van der Waals surface area contributed by atoms with Crippen molar-refractivity contribution in [3.63, 3.8) is 0 Å². The summed E-state index contributed by atoms with van der Waals surface area (Å²) in [4.78, 5) is 4.31. The third-order valence-corrected chi connectivity index (χ3v) is 3.69. The van der Waals surface area contributed by atoms with Crippen LogP contribution >= 0.6 is 11.6 Å². The molecule has 6 nitrogen and oxygen atoms in total. The van der Waals surface area contributed by atoms with Gasteiger partial charge >= 0.3 is 6.61 Å². The van der Waals surface area contributed by atoms with E-state index in [0.717, 1.165) is 0 Å². The highest BCUT2D eigenvalue weighted by molar-refractivity contribution is 6.30. The number of benzene rings is 2. The summed E-state index contributed by atoms with van der Waals surface area (Å²) in [6.45, 7) is -2.96. The van der Waals surface area contributed by atoms with Crippen molar-refractivity contribution in [2.45, 2.75) is 6.61 Å². The zero-order chi connectivity index (χ0) is 18.7. The number of aromatic nitrogens is 2. The lowest BCUT2D eigenvalue weighted by atomic mass is 10.2. The summed E-state index contributed by atoms with van der Waals surface area (Å²) in [7, 11) is 2.86. The van der Waals surface area contributed by atoms with Gasteiger partial charge in [0, 0.05) is 10.6 Å². The van der Waals surface area contributed by atoms with Crippen LogP contribution in [0.25, 0.3) is 22.8 Å². The molecule has 0 spiro atoms. The number of methoxy groups -OCH3 is 2. The van der Waals surface area contributed by atoms with E-state index in [0.29, 0.717) is 21.9 Å². The number of nitrogens with zero attached hydrogens (tertiary/aromatic N) is 2. The molecule has 0 N–H and O–H groups in total. The SMILES string of the molecule is COc1cc(-c2nc(-c3cc(Cl)ccc3OC)no2)ccc1OC(F)F. The number of halogens is 3. The van der Waals surface area contributed by atoms with Gasteiger partial charge in [-0.25, -0.2) is 0 Å². The second-order valence-electron chi connectivity index (χ2n) is 5.01. The van der Waals surface area contributed by atoms with Crippen LogP contribution in [0.1, 0.15) is 0 Å². The third kappa shape index (κ3) is 3.70. The fraction of sp³-hybridized carbons (Fsp3) is 0.176. The Hall–Kier alpha value is -2.87. The molecule has 0 aliphatic carbocycles.